The summed E-state index contributed by atoms with van der Waals surface area (Å²) in [4.78, 5) is 29.2. The van der Waals surface area contributed by atoms with Gasteiger partial charge in [-0.15, -0.1) is 0 Å². The summed E-state index contributed by atoms with van der Waals surface area (Å²) in [6, 6.07) is 20.0. The van der Waals surface area contributed by atoms with E-state index in [1.165, 1.54) is 0 Å². The van der Waals surface area contributed by atoms with Crippen molar-refractivity contribution in [1.29, 1.82) is 0 Å². The van der Waals surface area contributed by atoms with Crippen molar-refractivity contribution in [2.24, 2.45) is 0 Å². The van der Waals surface area contributed by atoms with Crippen molar-refractivity contribution in [2.75, 3.05) is 31.1 Å². The average Bonchev–Trinajstić information content (AvgIpc) is 3.24. The number of para-hydroxylation sites is 1. The van der Waals surface area contributed by atoms with Crippen molar-refractivity contribution < 1.29 is 4.79 Å². The number of fused-ring (bicyclic) bond motifs is 1. The van der Waals surface area contributed by atoms with Gasteiger partial charge in [-0.25, -0.2) is 9.97 Å². The fraction of sp³-hybridized carbons (Fsp3) is 0.174. The Morgan fingerprint density at radius 3 is 2.48 bits per heavy atom. The third kappa shape index (κ3) is 3.33. The molecule has 3 heterocycles. The van der Waals surface area contributed by atoms with E-state index in [1.807, 2.05) is 71.8 Å². The molecular weight excluding hydrogens is 362 g/mol. The monoisotopic (exact) mass is 383 g/mol. The Morgan fingerprint density at radius 2 is 1.66 bits per heavy atom. The molecule has 0 atom stereocenters. The minimum Gasteiger partial charge on any atom is -0.360 e. The molecule has 0 radical (unpaired) electrons. The van der Waals surface area contributed by atoms with Gasteiger partial charge in [0.05, 0.1) is 11.3 Å². The molecule has 1 N–H and O–H groups in total. The van der Waals surface area contributed by atoms with Gasteiger partial charge in [0.2, 0.25) is 0 Å². The number of benzene rings is 2. The molecule has 0 unspecified atom stereocenters. The molecule has 6 nitrogen and oxygen atoms in total. The van der Waals surface area contributed by atoms with Crippen LogP contribution in [0.1, 0.15) is 10.4 Å². The number of H-pyrrole nitrogens is 1. The summed E-state index contributed by atoms with van der Waals surface area (Å²) in [5.41, 5.74) is 3.71. The molecule has 144 valence electrons. The first-order valence-electron chi connectivity index (χ1n) is 9.77. The molecule has 2 aromatic heterocycles. The second kappa shape index (κ2) is 7.39. The van der Waals surface area contributed by atoms with E-state index >= 15 is 0 Å². The number of rotatable bonds is 3. The van der Waals surface area contributed by atoms with Crippen LogP contribution >= 0.6 is 0 Å². The molecule has 0 aliphatic carbocycles. The highest BCUT2D eigenvalue weighted by atomic mass is 16.2. The van der Waals surface area contributed by atoms with Gasteiger partial charge in [-0.3, -0.25) is 4.79 Å². The second-order valence-corrected chi connectivity index (χ2v) is 7.15. The van der Waals surface area contributed by atoms with Gasteiger partial charge < -0.3 is 14.8 Å². The number of aromatic nitrogens is 3. The van der Waals surface area contributed by atoms with Crippen LogP contribution in [0.5, 0.6) is 0 Å². The summed E-state index contributed by atoms with van der Waals surface area (Å²) in [6.45, 7) is 2.84. The van der Waals surface area contributed by atoms with E-state index in [4.69, 9.17) is 0 Å². The first kappa shape index (κ1) is 17.4. The first-order chi connectivity index (χ1) is 14.3. The molecule has 0 bridgehead atoms. The Bertz CT molecular complexity index is 1150. The highest BCUT2D eigenvalue weighted by molar-refractivity contribution is 6.06. The Balaban J connectivity index is 1.30. The normalized spacial score (nSPS) is 14.3. The molecule has 1 aliphatic heterocycles. The van der Waals surface area contributed by atoms with Gasteiger partial charge in [-0.05, 0) is 6.07 Å². The number of nitrogens with one attached hydrogen (secondary N) is 1. The van der Waals surface area contributed by atoms with Crippen molar-refractivity contribution in [3.05, 3.63) is 78.8 Å². The van der Waals surface area contributed by atoms with Crippen LogP contribution in [0.25, 0.3) is 22.2 Å². The molecule has 6 heteroatoms. The highest BCUT2D eigenvalue weighted by Crippen LogP contribution is 2.23. The Hall–Kier alpha value is -3.67. The largest absolute Gasteiger partial charge is 0.360 e. The fourth-order valence-electron chi connectivity index (χ4n) is 3.84. The quantitative estimate of drug-likeness (QED) is 0.587. The summed E-state index contributed by atoms with van der Waals surface area (Å²) >= 11 is 0. The van der Waals surface area contributed by atoms with Crippen LogP contribution in [0.2, 0.25) is 0 Å². The highest BCUT2D eigenvalue weighted by Gasteiger charge is 2.24. The van der Waals surface area contributed by atoms with Crippen LogP contribution in [-0.2, 0) is 0 Å². The van der Waals surface area contributed by atoms with Gasteiger partial charge in [0, 0.05) is 54.9 Å². The van der Waals surface area contributed by atoms with Crippen LogP contribution < -0.4 is 4.90 Å². The zero-order valence-electron chi connectivity index (χ0n) is 16.0. The summed E-state index contributed by atoms with van der Waals surface area (Å²) in [5.74, 6) is 0.979. The topological polar surface area (TPSA) is 65.1 Å². The van der Waals surface area contributed by atoms with Crippen molar-refractivity contribution in [3.8, 4) is 11.3 Å². The maximum atomic E-state index is 13.0. The minimum absolute atomic E-state index is 0.0785. The van der Waals surface area contributed by atoms with E-state index in [1.54, 1.807) is 6.33 Å². The number of amides is 1. The molecule has 1 amide bonds. The summed E-state index contributed by atoms with van der Waals surface area (Å²) in [6.07, 6.45) is 3.43. The number of hydrogen-bond donors (Lipinski definition) is 1. The number of carbonyl (C=O) groups excluding carboxylic acids is 1. The number of anilines is 1. The van der Waals surface area contributed by atoms with Crippen molar-refractivity contribution in [1.82, 2.24) is 19.9 Å². The second-order valence-electron chi connectivity index (χ2n) is 7.15. The average molecular weight is 383 g/mol. The van der Waals surface area contributed by atoms with Gasteiger partial charge in [0.1, 0.15) is 12.1 Å². The Labute approximate surface area is 168 Å². The number of piperazine rings is 1. The molecule has 29 heavy (non-hydrogen) atoms. The van der Waals surface area contributed by atoms with E-state index in [2.05, 4.69) is 19.9 Å². The zero-order chi connectivity index (χ0) is 19.6. The molecule has 2 aromatic carbocycles. The van der Waals surface area contributed by atoms with Crippen LogP contribution in [0.15, 0.2) is 73.2 Å². The van der Waals surface area contributed by atoms with Crippen molar-refractivity contribution in [3.63, 3.8) is 0 Å². The van der Waals surface area contributed by atoms with Crippen LogP contribution in [0.4, 0.5) is 5.82 Å². The Kier molecular flexibility index (Phi) is 4.44. The summed E-state index contributed by atoms with van der Waals surface area (Å²) < 4.78 is 0. The van der Waals surface area contributed by atoms with E-state index in [0.29, 0.717) is 13.1 Å². The third-order valence-electron chi connectivity index (χ3n) is 5.43. The summed E-state index contributed by atoms with van der Waals surface area (Å²) in [7, 11) is 0. The van der Waals surface area contributed by atoms with Gasteiger partial charge in [-0.2, -0.15) is 0 Å². The smallest absolute Gasteiger partial charge is 0.256 e. The standard InChI is InChI=1S/C23H21N5O/c29-23(19-15-24-20-9-5-4-8-18(19)20)28-12-10-27(11-13-28)22-14-21(25-16-26-22)17-6-2-1-3-7-17/h1-9,14-16,24H,10-13H2. The van der Waals surface area contributed by atoms with E-state index in [9.17, 15) is 4.79 Å². The maximum absolute atomic E-state index is 13.0. The van der Waals surface area contributed by atoms with Gasteiger partial charge in [-0.1, -0.05) is 48.5 Å². The molecular formula is C23H21N5O. The lowest BCUT2D eigenvalue weighted by molar-refractivity contribution is 0.0748. The molecule has 1 fully saturated rings. The van der Waals surface area contributed by atoms with Gasteiger partial charge >= 0.3 is 0 Å². The van der Waals surface area contributed by atoms with Crippen LogP contribution in [0, 0.1) is 0 Å². The molecule has 1 aliphatic rings. The summed E-state index contributed by atoms with van der Waals surface area (Å²) in [5, 5.41) is 0.975. The number of hydrogen-bond acceptors (Lipinski definition) is 4. The zero-order valence-corrected chi connectivity index (χ0v) is 16.0. The lowest BCUT2D eigenvalue weighted by Gasteiger charge is -2.35. The van der Waals surface area contributed by atoms with Gasteiger partial charge in [0.15, 0.2) is 0 Å². The lowest BCUT2D eigenvalue weighted by Crippen LogP contribution is -2.49. The van der Waals surface area contributed by atoms with E-state index in [0.717, 1.165) is 46.6 Å². The fourth-order valence-corrected chi connectivity index (χ4v) is 3.84. The Morgan fingerprint density at radius 1 is 0.897 bits per heavy atom. The SMILES string of the molecule is O=C(c1c[nH]c2ccccc12)N1CCN(c2cc(-c3ccccc3)ncn2)CC1. The van der Waals surface area contributed by atoms with Crippen molar-refractivity contribution in [2.45, 2.75) is 0 Å². The van der Waals surface area contributed by atoms with Gasteiger partial charge in [0.25, 0.3) is 5.91 Å². The molecule has 0 spiro atoms. The van der Waals surface area contributed by atoms with Crippen LogP contribution in [-0.4, -0.2) is 51.9 Å². The number of nitrogens with zero attached hydrogens (tertiary/aromatic N) is 4. The third-order valence-corrected chi connectivity index (χ3v) is 5.43. The molecule has 0 saturated carbocycles. The molecule has 1 saturated heterocycles. The predicted octanol–water partition coefficient (Wildman–Crippen LogP) is 3.59. The predicted molar refractivity (Wildman–Crippen MR) is 114 cm³/mol. The lowest BCUT2D eigenvalue weighted by atomic mass is 10.1. The first-order valence-corrected chi connectivity index (χ1v) is 9.77. The molecule has 5 rings (SSSR count). The maximum Gasteiger partial charge on any atom is 0.256 e. The minimum atomic E-state index is 0.0785. The number of aromatic amines is 1. The van der Waals surface area contributed by atoms with Crippen LogP contribution in [0.3, 0.4) is 0 Å². The van der Waals surface area contributed by atoms with E-state index < -0.39 is 0 Å². The number of carbonyl (C=O) groups is 1. The van der Waals surface area contributed by atoms with Crippen molar-refractivity contribution >= 4 is 22.6 Å². The molecule has 4 aromatic rings. The van der Waals surface area contributed by atoms with E-state index in [-0.39, 0.29) is 5.91 Å².